The van der Waals surface area contributed by atoms with Crippen molar-refractivity contribution in [2.45, 2.75) is 9.71 Å². The molecular weight excluding hydrogens is 303 g/mol. The third kappa shape index (κ3) is 3.47. The monoisotopic (exact) mass is 314 g/mol. The molecule has 0 bridgehead atoms. The first-order valence-electron chi connectivity index (χ1n) is 5.65. The fraction of sp³-hybridized carbons (Fsp3) is 0.143. The van der Waals surface area contributed by atoms with Crippen LogP contribution in [0.4, 0.5) is 11.4 Å². The third-order valence-electron chi connectivity index (χ3n) is 2.87. The molecule has 2 aromatic carbocycles. The minimum Gasteiger partial charge on any atom is -0.399 e. The summed E-state index contributed by atoms with van der Waals surface area (Å²) in [4.78, 5) is 0. The van der Waals surface area contributed by atoms with Crippen LogP contribution in [0.15, 0.2) is 48.5 Å². The lowest BCUT2D eigenvalue weighted by Gasteiger charge is -2.25. The highest BCUT2D eigenvalue weighted by molar-refractivity contribution is 6.68. The van der Waals surface area contributed by atoms with Crippen LogP contribution in [0.5, 0.6) is 0 Å². The summed E-state index contributed by atoms with van der Waals surface area (Å²) in [7, 11) is 0. The number of hydrogen-bond acceptors (Lipinski definition) is 2. The van der Waals surface area contributed by atoms with E-state index in [2.05, 4.69) is 0 Å². The maximum atomic E-state index is 6.12. The van der Waals surface area contributed by atoms with Crippen LogP contribution >= 0.6 is 34.8 Å². The van der Waals surface area contributed by atoms with Crippen LogP contribution in [-0.2, 0) is 0 Å². The van der Waals surface area contributed by atoms with Gasteiger partial charge in [0, 0.05) is 11.4 Å². The van der Waals surface area contributed by atoms with E-state index in [1.165, 1.54) is 0 Å². The summed E-state index contributed by atoms with van der Waals surface area (Å²) in [6.07, 6.45) is 0. The Hall–Kier alpha value is -1.09. The quantitative estimate of drug-likeness (QED) is 0.639. The summed E-state index contributed by atoms with van der Waals surface area (Å²) in [6.45, 7) is 0. The molecule has 0 unspecified atom stereocenters. The molecular formula is C14H13Cl3N2. The van der Waals surface area contributed by atoms with Crippen LogP contribution in [0.1, 0.15) is 17.0 Å². The summed E-state index contributed by atoms with van der Waals surface area (Å²) in [6, 6.07) is 14.6. The molecule has 2 nitrogen and oxygen atoms in total. The summed E-state index contributed by atoms with van der Waals surface area (Å²) in [5.74, 6) is -0.376. The molecule has 0 amide bonds. The topological polar surface area (TPSA) is 52.0 Å². The number of alkyl halides is 3. The van der Waals surface area contributed by atoms with Crippen molar-refractivity contribution in [3.8, 4) is 0 Å². The van der Waals surface area contributed by atoms with E-state index < -0.39 is 3.79 Å². The molecule has 0 atom stereocenters. The SMILES string of the molecule is Nc1ccc(C(c2ccc(N)cc2)C(Cl)(Cl)Cl)cc1. The number of benzene rings is 2. The first-order chi connectivity index (χ1) is 8.88. The van der Waals surface area contributed by atoms with E-state index in [4.69, 9.17) is 46.3 Å². The molecule has 100 valence electrons. The second-order valence-electron chi connectivity index (χ2n) is 4.31. The van der Waals surface area contributed by atoms with Crippen molar-refractivity contribution in [3.05, 3.63) is 59.7 Å². The van der Waals surface area contributed by atoms with Gasteiger partial charge in [-0.2, -0.15) is 0 Å². The van der Waals surface area contributed by atoms with Gasteiger partial charge in [0.1, 0.15) is 0 Å². The maximum Gasteiger partial charge on any atom is 0.201 e. The zero-order chi connectivity index (χ0) is 14.0. The summed E-state index contributed by atoms with van der Waals surface area (Å²) in [5, 5.41) is 0. The van der Waals surface area contributed by atoms with Crippen LogP contribution in [0, 0.1) is 0 Å². The van der Waals surface area contributed by atoms with Gasteiger partial charge in [0.2, 0.25) is 3.79 Å². The molecule has 0 aliphatic carbocycles. The highest BCUT2D eigenvalue weighted by atomic mass is 35.6. The van der Waals surface area contributed by atoms with Crippen LogP contribution in [0.2, 0.25) is 0 Å². The van der Waals surface area contributed by atoms with Gasteiger partial charge in [-0.05, 0) is 35.4 Å². The Balaban J connectivity index is 2.47. The van der Waals surface area contributed by atoms with E-state index in [0.717, 1.165) is 11.1 Å². The van der Waals surface area contributed by atoms with Crippen LogP contribution in [-0.4, -0.2) is 3.79 Å². The minimum atomic E-state index is -1.45. The lowest BCUT2D eigenvalue weighted by atomic mass is 9.92. The molecule has 2 aromatic rings. The lowest BCUT2D eigenvalue weighted by Crippen LogP contribution is -2.18. The van der Waals surface area contributed by atoms with Gasteiger partial charge in [0.15, 0.2) is 0 Å². The van der Waals surface area contributed by atoms with E-state index in [1.807, 2.05) is 24.3 Å². The molecule has 0 spiro atoms. The molecule has 5 heteroatoms. The number of anilines is 2. The fourth-order valence-corrected chi connectivity index (χ4v) is 2.70. The van der Waals surface area contributed by atoms with Gasteiger partial charge in [0.05, 0.1) is 5.92 Å². The summed E-state index contributed by atoms with van der Waals surface area (Å²) < 4.78 is -1.45. The van der Waals surface area contributed by atoms with Gasteiger partial charge < -0.3 is 11.5 Å². The van der Waals surface area contributed by atoms with Crippen molar-refractivity contribution in [3.63, 3.8) is 0 Å². The van der Waals surface area contributed by atoms with Crippen LogP contribution in [0.3, 0.4) is 0 Å². The van der Waals surface area contributed by atoms with Crippen molar-refractivity contribution in [1.29, 1.82) is 0 Å². The molecule has 4 N–H and O–H groups in total. The highest BCUT2D eigenvalue weighted by Crippen LogP contribution is 2.45. The van der Waals surface area contributed by atoms with Crippen molar-refractivity contribution in [2.75, 3.05) is 11.5 Å². The van der Waals surface area contributed by atoms with Crippen molar-refractivity contribution in [1.82, 2.24) is 0 Å². The van der Waals surface area contributed by atoms with Crippen molar-refractivity contribution < 1.29 is 0 Å². The smallest absolute Gasteiger partial charge is 0.201 e. The van der Waals surface area contributed by atoms with E-state index in [1.54, 1.807) is 24.3 Å². The van der Waals surface area contributed by atoms with Gasteiger partial charge in [0.25, 0.3) is 0 Å². The van der Waals surface area contributed by atoms with Crippen LogP contribution < -0.4 is 11.5 Å². The molecule has 2 rings (SSSR count). The van der Waals surface area contributed by atoms with Crippen LogP contribution in [0.25, 0.3) is 0 Å². The molecule has 0 aliphatic heterocycles. The predicted molar refractivity (Wildman–Crippen MR) is 83.8 cm³/mol. The molecule has 19 heavy (non-hydrogen) atoms. The normalized spacial score (nSPS) is 11.8. The first kappa shape index (κ1) is 14.3. The molecule has 0 aromatic heterocycles. The van der Waals surface area contributed by atoms with E-state index in [9.17, 15) is 0 Å². The Morgan fingerprint density at radius 1 is 0.684 bits per heavy atom. The third-order valence-corrected chi connectivity index (χ3v) is 3.52. The summed E-state index contributed by atoms with van der Waals surface area (Å²) >= 11 is 18.3. The van der Waals surface area contributed by atoms with E-state index in [-0.39, 0.29) is 5.92 Å². The Morgan fingerprint density at radius 2 is 1.00 bits per heavy atom. The Morgan fingerprint density at radius 3 is 1.26 bits per heavy atom. The molecule has 0 fully saturated rings. The summed E-state index contributed by atoms with van der Waals surface area (Å²) in [5.41, 5.74) is 14.5. The standard InChI is InChI=1S/C14H13Cl3N2/c15-14(16,17)13(9-1-5-11(18)6-2-9)10-3-7-12(19)8-4-10/h1-8,13H,18-19H2. The maximum absolute atomic E-state index is 6.12. The average Bonchev–Trinajstić information content (AvgIpc) is 2.33. The molecule has 0 saturated carbocycles. The Kier molecular flexibility index (Phi) is 4.14. The number of rotatable bonds is 2. The minimum absolute atomic E-state index is 0.376. The van der Waals surface area contributed by atoms with E-state index in [0.29, 0.717) is 11.4 Å². The Bertz CT molecular complexity index is 499. The van der Waals surface area contributed by atoms with Gasteiger partial charge in [-0.15, -0.1) is 0 Å². The molecule has 0 heterocycles. The predicted octanol–water partition coefficient (Wildman–Crippen LogP) is 4.35. The lowest BCUT2D eigenvalue weighted by molar-refractivity contribution is 0.840. The molecule has 0 aliphatic rings. The number of nitrogen functional groups attached to an aromatic ring is 2. The fourth-order valence-electron chi connectivity index (χ4n) is 1.95. The number of hydrogen-bond donors (Lipinski definition) is 2. The molecule has 0 saturated heterocycles. The highest BCUT2D eigenvalue weighted by Gasteiger charge is 2.35. The zero-order valence-corrected chi connectivity index (χ0v) is 12.3. The number of halogens is 3. The van der Waals surface area contributed by atoms with Gasteiger partial charge in [-0.3, -0.25) is 0 Å². The van der Waals surface area contributed by atoms with Crippen molar-refractivity contribution >= 4 is 46.2 Å². The van der Waals surface area contributed by atoms with Gasteiger partial charge >= 0.3 is 0 Å². The zero-order valence-electron chi connectivity index (χ0n) is 9.98. The second kappa shape index (κ2) is 5.49. The van der Waals surface area contributed by atoms with Gasteiger partial charge in [-0.1, -0.05) is 59.1 Å². The average molecular weight is 316 g/mol. The number of nitrogens with two attached hydrogens (primary N) is 2. The van der Waals surface area contributed by atoms with Gasteiger partial charge in [-0.25, -0.2) is 0 Å². The first-order valence-corrected chi connectivity index (χ1v) is 6.79. The second-order valence-corrected chi connectivity index (χ2v) is 6.68. The molecule has 0 radical (unpaired) electrons. The van der Waals surface area contributed by atoms with E-state index >= 15 is 0 Å². The van der Waals surface area contributed by atoms with Crippen molar-refractivity contribution in [2.24, 2.45) is 0 Å². The largest absolute Gasteiger partial charge is 0.399 e. The Labute approximate surface area is 127 Å².